The van der Waals surface area contributed by atoms with Crippen LogP contribution in [-0.2, 0) is 7.05 Å². The fourth-order valence-electron chi connectivity index (χ4n) is 0.464. The van der Waals surface area contributed by atoms with Gasteiger partial charge in [-0.25, -0.2) is 0 Å². The van der Waals surface area contributed by atoms with Crippen LogP contribution in [0.3, 0.4) is 0 Å². The molecule has 1 aromatic rings. The standard InChI is InChI=1S/C4H7N3O.H2O2/c1-7-2-3(8)6-4(7)5;1-2/h2,8H,1H3,(H2,5,6);1-2H. The van der Waals surface area contributed by atoms with Crippen molar-refractivity contribution in [2.75, 3.05) is 5.73 Å². The van der Waals surface area contributed by atoms with Crippen molar-refractivity contribution in [3.63, 3.8) is 0 Å². The van der Waals surface area contributed by atoms with E-state index in [2.05, 4.69) is 4.98 Å². The molecule has 0 aliphatic heterocycles. The first-order valence-electron chi connectivity index (χ1n) is 2.38. The summed E-state index contributed by atoms with van der Waals surface area (Å²) in [5.74, 6) is 0.285. The zero-order valence-corrected chi connectivity index (χ0v) is 5.39. The fraction of sp³-hybridized carbons (Fsp3) is 0.250. The Kier molecular flexibility index (Phi) is 3.23. The van der Waals surface area contributed by atoms with Crippen LogP contribution in [0, 0.1) is 0 Å². The lowest BCUT2D eigenvalue weighted by atomic mass is 10.8. The van der Waals surface area contributed by atoms with Gasteiger partial charge in [-0.15, -0.1) is 0 Å². The number of hydrogen-bond acceptors (Lipinski definition) is 5. The van der Waals surface area contributed by atoms with Crippen molar-refractivity contribution in [3.05, 3.63) is 6.20 Å². The molecule has 0 spiro atoms. The lowest BCUT2D eigenvalue weighted by molar-refractivity contribution is -0.176. The predicted molar refractivity (Wildman–Crippen MR) is 34.5 cm³/mol. The Hall–Kier alpha value is -1.27. The number of nitrogens with zero attached hydrogens (tertiary/aromatic N) is 2. The molecule has 6 nitrogen and oxygen atoms in total. The molecule has 0 radical (unpaired) electrons. The highest BCUT2D eigenvalue weighted by Gasteiger charge is 1.95. The average Bonchev–Trinajstić information content (AvgIpc) is 2.16. The first-order valence-corrected chi connectivity index (χ1v) is 2.38. The molecule has 5 N–H and O–H groups in total. The summed E-state index contributed by atoms with van der Waals surface area (Å²) in [7, 11) is 1.71. The molecule has 0 aliphatic rings. The van der Waals surface area contributed by atoms with Gasteiger partial charge in [-0.05, 0) is 0 Å². The number of aromatic hydroxyl groups is 1. The molecule has 0 bridgehead atoms. The molecule has 6 heteroatoms. The largest absolute Gasteiger partial charge is 0.492 e. The Balaban J connectivity index is 0.000000371. The van der Waals surface area contributed by atoms with Gasteiger partial charge in [0, 0.05) is 7.05 Å². The highest BCUT2D eigenvalue weighted by atomic mass is 17.0. The van der Waals surface area contributed by atoms with E-state index >= 15 is 0 Å². The monoisotopic (exact) mass is 147 g/mol. The van der Waals surface area contributed by atoms with Crippen LogP contribution < -0.4 is 5.73 Å². The third-order valence-electron chi connectivity index (χ3n) is 0.900. The zero-order chi connectivity index (χ0) is 8.15. The van der Waals surface area contributed by atoms with Gasteiger partial charge in [0.05, 0.1) is 6.20 Å². The Bertz CT molecular complexity index is 178. The minimum atomic E-state index is -0.0370. The predicted octanol–water partition coefficient (Wildman–Crippen LogP) is -0.275. The van der Waals surface area contributed by atoms with Crippen LogP contribution in [0.15, 0.2) is 6.20 Å². The molecule has 0 saturated carbocycles. The third kappa shape index (κ3) is 1.92. The van der Waals surface area contributed by atoms with E-state index in [1.54, 1.807) is 7.05 Å². The van der Waals surface area contributed by atoms with Crippen LogP contribution in [0.5, 0.6) is 5.88 Å². The topological polar surface area (TPSA) is 105 Å². The van der Waals surface area contributed by atoms with Crippen molar-refractivity contribution < 1.29 is 15.6 Å². The quantitative estimate of drug-likeness (QED) is 0.298. The number of nitrogens with two attached hydrogens (primary N) is 1. The molecule has 0 atom stereocenters. The van der Waals surface area contributed by atoms with E-state index in [1.807, 2.05) is 0 Å². The maximum Gasteiger partial charge on any atom is 0.230 e. The van der Waals surface area contributed by atoms with E-state index in [4.69, 9.17) is 21.4 Å². The molecule has 0 saturated heterocycles. The second-order valence-corrected chi connectivity index (χ2v) is 1.57. The summed E-state index contributed by atoms with van der Waals surface area (Å²) in [5.41, 5.74) is 5.23. The molecule has 1 rings (SSSR count). The number of nitrogen functional groups attached to an aromatic ring is 1. The number of aromatic nitrogens is 2. The maximum absolute atomic E-state index is 8.62. The molecule has 1 heterocycles. The van der Waals surface area contributed by atoms with Gasteiger partial charge in [0.15, 0.2) is 0 Å². The number of imidazole rings is 1. The lowest BCUT2D eigenvalue weighted by Crippen LogP contribution is -1.94. The van der Waals surface area contributed by atoms with Crippen molar-refractivity contribution in [2.45, 2.75) is 0 Å². The maximum atomic E-state index is 8.62. The Morgan fingerprint density at radius 1 is 1.60 bits per heavy atom. The van der Waals surface area contributed by atoms with E-state index < -0.39 is 0 Å². The van der Waals surface area contributed by atoms with Gasteiger partial charge in [0.1, 0.15) is 0 Å². The smallest absolute Gasteiger partial charge is 0.230 e. The summed E-state index contributed by atoms with van der Waals surface area (Å²) in [6, 6.07) is 0. The van der Waals surface area contributed by atoms with Crippen LogP contribution in [0.25, 0.3) is 0 Å². The van der Waals surface area contributed by atoms with Crippen LogP contribution in [-0.4, -0.2) is 25.2 Å². The number of aryl methyl sites for hydroxylation is 1. The van der Waals surface area contributed by atoms with Crippen LogP contribution in [0.1, 0.15) is 0 Å². The second kappa shape index (κ2) is 3.70. The molecule has 1 aromatic heterocycles. The molecule has 0 amide bonds. The normalized spacial score (nSPS) is 8.30. The van der Waals surface area contributed by atoms with Crippen LogP contribution >= 0.6 is 0 Å². The van der Waals surface area contributed by atoms with E-state index in [-0.39, 0.29) is 5.88 Å². The van der Waals surface area contributed by atoms with E-state index in [0.717, 1.165) is 0 Å². The van der Waals surface area contributed by atoms with Gasteiger partial charge in [-0.3, -0.25) is 10.5 Å². The highest BCUT2D eigenvalue weighted by Crippen LogP contribution is 2.06. The number of rotatable bonds is 0. The zero-order valence-electron chi connectivity index (χ0n) is 5.39. The van der Waals surface area contributed by atoms with Crippen molar-refractivity contribution in [2.24, 2.45) is 7.05 Å². The first-order chi connectivity index (χ1) is 4.70. The van der Waals surface area contributed by atoms with Crippen molar-refractivity contribution in [1.82, 2.24) is 9.55 Å². The van der Waals surface area contributed by atoms with Crippen LogP contribution in [0.4, 0.5) is 5.95 Å². The summed E-state index contributed by atoms with van der Waals surface area (Å²) in [5, 5.41) is 20.6. The van der Waals surface area contributed by atoms with Crippen molar-refractivity contribution >= 4 is 5.95 Å². The van der Waals surface area contributed by atoms with Gasteiger partial charge in [-0.1, -0.05) is 0 Å². The molecule has 58 valence electrons. The summed E-state index contributed by atoms with van der Waals surface area (Å²) in [6.45, 7) is 0. The molecule has 0 aromatic carbocycles. The van der Waals surface area contributed by atoms with Gasteiger partial charge in [0.25, 0.3) is 0 Å². The Morgan fingerprint density at radius 3 is 2.20 bits per heavy atom. The number of hydrogen-bond donors (Lipinski definition) is 4. The molecular weight excluding hydrogens is 138 g/mol. The summed E-state index contributed by atoms with van der Waals surface area (Å²) in [6.07, 6.45) is 1.44. The molecule has 10 heavy (non-hydrogen) atoms. The average molecular weight is 147 g/mol. The second-order valence-electron chi connectivity index (χ2n) is 1.57. The molecular formula is C4H9N3O3. The summed E-state index contributed by atoms with van der Waals surface area (Å²) < 4.78 is 1.54. The third-order valence-corrected chi connectivity index (χ3v) is 0.900. The fourth-order valence-corrected chi connectivity index (χ4v) is 0.464. The summed E-state index contributed by atoms with van der Waals surface area (Å²) in [4.78, 5) is 3.51. The van der Waals surface area contributed by atoms with Gasteiger partial charge < -0.3 is 15.4 Å². The van der Waals surface area contributed by atoms with E-state index in [1.165, 1.54) is 10.8 Å². The first kappa shape index (κ1) is 8.73. The minimum absolute atomic E-state index is 0.0370. The molecule has 0 aliphatic carbocycles. The SMILES string of the molecule is Cn1cc(O)nc1N.OO. The van der Waals surface area contributed by atoms with Crippen LogP contribution in [0.2, 0.25) is 0 Å². The van der Waals surface area contributed by atoms with E-state index in [0.29, 0.717) is 5.95 Å². The molecule has 0 unspecified atom stereocenters. The summed E-state index contributed by atoms with van der Waals surface area (Å²) >= 11 is 0. The van der Waals surface area contributed by atoms with Gasteiger partial charge >= 0.3 is 0 Å². The van der Waals surface area contributed by atoms with Gasteiger partial charge in [-0.2, -0.15) is 4.98 Å². The minimum Gasteiger partial charge on any atom is -0.492 e. The van der Waals surface area contributed by atoms with Gasteiger partial charge in [0.2, 0.25) is 11.8 Å². The van der Waals surface area contributed by atoms with Crippen molar-refractivity contribution in [1.29, 1.82) is 0 Å². The van der Waals surface area contributed by atoms with E-state index in [9.17, 15) is 0 Å². The number of anilines is 1. The lowest BCUT2D eigenvalue weighted by Gasteiger charge is -1.86. The highest BCUT2D eigenvalue weighted by molar-refractivity contribution is 5.23. The van der Waals surface area contributed by atoms with Crippen molar-refractivity contribution in [3.8, 4) is 5.88 Å². The Labute approximate surface area is 57.1 Å². The molecule has 0 fully saturated rings. The Morgan fingerprint density at radius 2 is 2.10 bits per heavy atom.